The average molecular weight is 265 g/mol. The predicted octanol–water partition coefficient (Wildman–Crippen LogP) is 5.38. The summed E-state index contributed by atoms with van der Waals surface area (Å²) in [5.74, 6) is 1.80. The maximum Gasteiger partial charge on any atom is 0.0618 e. The lowest BCUT2D eigenvalue weighted by molar-refractivity contribution is 0.278. The molecule has 2 rings (SSSR count). The molecule has 0 aliphatic heterocycles. The molecule has 100 valence electrons. The quantitative estimate of drug-likeness (QED) is 0.640. The molecule has 0 N–H and O–H groups in total. The van der Waals surface area contributed by atoms with E-state index in [4.69, 9.17) is 11.6 Å². The third-order valence-corrected chi connectivity index (χ3v) is 4.86. The Labute approximate surface area is 117 Å². The van der Waals surface area contributed by atoms with Crippen molar-refractivity contribution in [1.82, 2.24) is 0 Å². The number of hydrogen-bond acceptors (Lipinski definition) is 0. The van der Waals surface area contributed by atoms with Crippen molar-refractivity contribution in [3.8, 4) is 0 Å². The van der Waals surface area contributed by atoms with Crippen LogP contribution >= 0.6 is 11.6 Å². The minimum absolute atomic E-state index is 0.149. The average Bonchev–Trinajstić information content (AvgIpc) is 2.74. The monoisotopic (exact) mass is 264 g/mol. The highest BCUT2D eigenvalue weighted by Gasteiger charge is 2.27. The number of benzene rings is 1. The van der Waals surface area contributed by atoms with Crippen LogP contribution in [0.15, 0.2) is 18.2 Å². The molecule has 1 heteroatoms. The van der Waals surface area contributed by atoms with Crippen molar-refractivity contribution < 1.29 is 0 Å². The molecule has 18 heavy (non-hydrogen) atoms. The van der Waals surface area contributed by atoms with E-state index in [1.165, 1.54) is 36.0 Å². The van der Waals surface area contributed by atoms with E-state index in [1.807, 2.05) is 0 Å². The Morgan fingerprint density at radius 3 is 2.17 bits per heavy atom. The molecule has 1 atom stereocenters. The largest absolute Gasteiger partial charge is 0.118 e. The van der Waals surface area contributed by atoms with Gasteiger partial charge in [-0.05, 0) is 53.7 Å². The van der Waals surface area contributed by atoms with Gasteiger partial charge in [0.2, 0.25) is 0 Å². The molecule has 0 heterocycles. The van der Waals surface area contributed by atoms with Gasteiger partial charge in [-0.3, -0.25) is 0 Å². The summed E-state index contributed by atoms with van der Waals surface area (Å²) in [5, 5.41) is 0.149. The van der Waals surface area contributed by atoms with Crippen LogP contribution in [0.25, 0.3) is 0 Å². The van der Waals surface area contributed by atoms with E-state index in [1.54, 1.807) is 0 Å². The molecule has 1 aliphatic carbocycles. The Kier molecular flexibility index (Phi) is 4.37. The molecule has 0 saturated carbocycles. The van der Waals surface area contributed by atoms with Crippen molar-refractivity contribution in [2.24, 2.45) is 17.8 Å². The van der Waals surface area contributed by atoms with E-state index in [-0.39, 0.29) is 5.38 Å². The molecule has 0 fully saturated rings. The van der Waals surface area contributed by atoms with Crippen LogP contribution in [0.2, 0.25) is 0 Å². The first-order valence-electron chi connectivity index (χ1n) is 7.26. The van der Waals surface area contributed by atoms with Crippen molar-refractivity contribution >= 4 is 11.6 Å². The highest BCUT2D eigenvalue weighted by molar-refractivity contribution is 6.21. The lowest BCUT2D eigenvalue weighted by atomic mass is 9.80. The minimum atomic E-state index is 0.149. The molecule has 1 aromatic rings. The van der Waals surface area contributed by atoms with Gasteiger partial charge in [0.15, 0.2) is 0 Å². The molecule has 0 amide bonds. The zero-order valence-corrected chi connectivity index (χ0v) is 12.8. The molecule has 0 bridgehead atoms. The van der Waals surface area contributed by atoms with Crippen molar-refractivity contribution in [2.45, 2.75) is 52.3 Å². The Hall–Kier alpha value is -0.490. The molecular formula is C17H25Cl. The van der Waals surface area contributed by atoms with E-state index >= 15 is 0 Å². The third-order valence-electron chi connectivity index (χ3n) is 4.32. The van der Waals surface area contributed by atoms with Gasteiger partial charge < -0.3 is 0 Å². The number of halogens is 1. The molecule has 0 aromatic heterocycles. The molecule has 1 aliphatic rings. The Balaban J connectivity index is 2.24. The smallest absolute Gasteiger partial charge is 0.0618 e. The van der Waals surface area contributed by atoms with Crippen LogP contribution in [-0.2, 0) is 12.8 Å². The summed E-state index contributed by atoms with van der Waals surface area (Å²) in [6, 6.07) is 6.90. The van der Waals surface area contributed by atoms with Gasteiger partial charge in [0.25, 0.3) is 0 Å². The van der Waals surface area contributed by atoms with Gasteiger partial charge in [-0.2, -0.15) is 0 Å². The molecule has 0 spiro atoms. The summed E-state index contributed by atoms with van der Waals surface area (Å²) >= 11 is 6.76. The Morgan fingerprint density at radius 2 is 1.56 bits per heavy atom. The van der Waals surface area contributed by atoms with E-state index in [0.29, 0.717) is 17.8 Å². The fraction of sp³-hybridized carbons (Fsp3) is 0.647. The first kappa shape index (κ1) is 13.9. The van der Waals surface area contributed by atoms with Crippen molar-refractivity contribution in [3.63, 3.8) is 0 Å². The minimum Gasteiger partial charge on any atom is -0.118 e. The topological polar surface area (TPSA) is 0 Å². The van der Waals surface area contributed by atoms with E-state index in [2.05, 4.69) is 45.9 Å². The second-order valence-corrected chi connectivity index (χ2v) is 6.82. The van der Waals surface area contributed by atoms with Gasteiger partial charge in [-0.15, -0.1) is 11.6 Å². The lowest BCUT2D eigenvalue weighted by Crippen LogP contribution is -2.21. The van der Waals surface area contributed by atoms with Crippen LogP contribution in [-0.4, -0.2) is 0 Å². The summed E-state index contributed by atoms with van der Waals surface area (Å²) in [5.41, 5.74) is 4.39. The fourth-order valence-electron chi connectivity index (χ4n) is 3.43. The lowest BCUT2D eigenvalue weighted by Gasteiger charge is -2.30. The number of fused-ring (bicyclic) bond motifs is 1. The summed E-state index contributed by atoms with van der Waals surface area (Å²) < 4.78 is 0. The van der Waals surface area contributed by atoms with Crippen LogP contribution in [0, 0.1) is 17.8 Å². The number of rotatable bonds is 4. The van der Waals surface area contributed by atoms with Crippen LogP contribution in [0.3, 0.4) is 0 Å². The Bertz CT molecular complexity index is 398. The third kappa shape index (κ3) is 2.74. The molecule has 0 saturated heterocycles. The van der Waals surface area contributed by atoms with Crippen LogP contribution < -0.4 is 0 Å². The number of aryl methyl sites for hydroxylation is 2. The second-order valence-electron chi connectivity index (χ2n) is 6.35. The van der Waals surface area contributed by atoms with E-state index in [9.17, 15) is 0 Å². The highest BCUT2D eigenvalue weighted by atomic mass is 35.5. The standard InChI is InChI=1S/C17H25Cl/c1-11(2)16(12(3)4)17(18)15-9-8-13-6-5-7-14(13)10-15/h8-12,16-17H,5-7H2,1-4H3. The van der Waals surface area contributed by atoms with Gasteiger partial charge in [0.05, 0.1) is 5.38 Å². The second kappa shape index (κ2) is 5.65. The SMILES string of the molecule is CC(C)C(C(C)C)C(Cl)c1ccc2c(c1)CCC2. The first-order valence-corrected chi connectivity index (χ1v) is 7.70. The number of hydrogen-bond donors (Lipinski definition) is 0. The molecule has 1 unspecified atom stereocenters. The van der Waals surface area contributed by atoms with Crippen molar-refractivity contribution in [3.05, 3.63) is 34.9 Å². The van der Waals surface area contributed by atoms with Gasteiger partial charge in [-0.25, -0.2) is 0 Å². The van der Waals surface area contributed by atoms with Crippen LogP contribution in [0.1, 0.15) is 56.2 Å². The normalized spacial score (nSPS) is 16.7. The van der Waals surface area contributed by atoms with Gasteiger partial charge in [-0.1, -0.05) is 45.9 Å². The summed E-state index contributed by atoms with van der Waals surface area (Å²) in [6.07, 6.45) is 3.80. The first-order chi connectivity index (χ1) is 8.50. The van der Waals surface area contributed by atoms with E-state index < -0.39 is 0 Å². The van der Waals surface area contributed by atoms with E-state index in [0.717, 1.165) is 0 Å². The maximum absolute atomic E-state index is 6.76. The van der Waals surface area contributed by atoms with Gasteiger partial charge in [0.1, 0.15) is 0 Å². The molecular weight excluding hydrogens is 240 g/mol. The van der Waals surface area contributed by atoms with Crippen molar-refractivity contribution in [1.29, 1.82) is 0 Å². The number of alkyl halides is 1. The molecule has 0 radical (unpaired) electrons. The highest BCUT2D eigenvalue weighted by Crippen LogP contribution is 2.39. The summed E-state index contributed by atoms with van der Waals surface area (Å²) in [6.45, 7) is 9.14. The molecule has 1 aromatic carbocycles. The van der Waals surface area contributed by atoms with Crippen molar-refractivity contribution in [2.75, 3.05) is 0 Å². The van der Waals surface area contributed by atoms with Gasteiger partial charge >= 0.3 is 0 Å². The maximum atomic E-state index is 6.76. The van der Waals surface area contributed by atoms with Crippen LogP contribution in [0.5, 0.6) is 0 Å². The zero-order chi connectivity index (χ0) is 13.3. The molecule has 0 nitrogen and oxygen atoms in total. The van der Waals surface area contributed by atoms with Gasteiger partial charge in [0, 0.05) is 0 Å². The zero-order valence-electron chi connectivity index (χ0n) is 12.0. The summed E-state index contributed by atoms with van der Waals surface area (Å²) in [4.78, 5) is 0. The van der Waals surface area contributed by atoms with Crippen LogP contribution in [0.4, 0.5) is 0 Å². The fourth-order valence-corrected chi connectivity index (χ4v) is 4.15. The predicted molar refractivity (Wildman–Crippen MR) is 80.2 cm³/mol. The Morgan fingerprint density at radius 1 is 0.944 bits per heavy atom. The summed E-state index contributed by atoms with van der Waals surface area (Å²) in [7, 11) is 0.